The second-order valence-corrected chi connectivity index (χ2v) is 6.85. The van der Waals surface area contributed by atoms with Crippen molar-refractivity contribution in [1.29, 1.82) is 0 Å². The van der Waals surface area contributed by atoms with Crippen molar-refractivity contribution in [1.82, 2.24) is 0 Å². The summed E-state index contributed by atoms with van der Waals surface area (Å²) in [4.78, 5) is 11.7. The van der Waals surface area contributed by atoms with Gasteiger partial charge < -0.3 is 10.2 Å². The van der Waals surface area contributed by atoms with Crippen LogP contribution < -0.4 is 0 Å². The van der Waals surface area contributed by atoms with Crippen LogP contribution >= 0.6 is 0 Å². The fourth-order valence-electron chi connectivity index (χ4n) is 2.41. The Hall–Kier alpha value is -1.19. The van der Waals surface area contributed by atoms with E-state index in [0.29, 0.717) is 31.0 Å². The van der Waals surface area contributed by atoms with Crippen LogP contribution in [0.5, 0.6) is 0 Å². The molecule has 3 nitrogen and oxygen atoms in total. The minimum Gasteiger partial charge on any atom is -0.392 e. The van der Waals surface area contributed by atoms with E-state index in [1.54, 1.807) is 6.08 Å². The highest BCUT2D eigenvalue weighted by atomic mass is 16.3. The summed E-state index contributed by atoms with van der Waals surface area (Å²) in [5.41, 5.74) is 3.01. The van der Waals surface area contributed by atoms with Crippen molar-refractivity contribution in [3.63, 3.8) is 0 Å². The van der Waals surface area contributed by atoms with E-state index >= 15 is 0 Å². The lowest BCUT2D eigenvalue weighted by Crippen LogP contribution is -2.09. The molecule has 0 unspecified atom stereocenters. The number of ketones is 1. The quantitative estimate of drug-likeness (QED) is 0.525. The lowest BCUT2D eigenvalue weighted by atomic mass is 9.98. The third kappa shape index (κ3) is 12.0. The number of rotatable bonds is 12. The molecule has 23 heavy (non-hydrogen) atoms. The molecule has 1 atom stereocenters. The lowest BCUT2D eigenvalue weighted by molar-refractivity contribution is -0.119. The van der Waals surface area contributed by atoms with Crippen molar-refractivity contribution in [3.8, 4) is 0 Å². The van der Waals surface area contributed by atoms with Gasteiger partial charge in [-0.25, -0.2) is 0 Å². The first-order chi connectivity index (χ1) is 10.8. The van der Waals surface area contributed by atoms with Crippen molar-refractivity contribution in [2.24, 2.45) is 5.92 Å². The Bertz CT molecular complexity index is 430. The average Bonchev–Trinajstić information content (AvgIpc) is 2.43. The van der Waals surface area contributed by atoms with Gasteiger partial charge in [-0.15, -0.1) is 0 Å². The SMILES string of the molecule is C=C(CC/C=C(\C)CC(=O)CC(C)C)[C@H](O)CC/C(C)=C/CO. The van der Waals surface area contributed by atoms with E-state index in [4.69, 9.17) is 5.11 Å². The molecule has 0 aliphatic rings. The van der Waals surface area contributed by atoms with E-state index in [2.05, 4.69) is 26.5 Å². The second-order valence-electron chi connectivity index (χ2n) is 6.85. The number of hydrogen-bond donors (Lipinski definition) is 2. The summed E-state index contributed by atoms with van der Waals surface area (Å²) in [6.07, 6.45) is 7.43. The van der Waals surface area contributed by atoms with E-state index < -0.39 is 6.10 Å². The van der Waals surface area contributed by atoms with Gasteiger partial charge in [-0.1, -0.05) is 43.7 Å². The van der Waals surface area contributed by atoms with Crippen LogP contribution in [0.3, 0.4) is 0 Å². The molecule has 0 aliphatic heterocycles. The molecule has 0 aliphatic carbocycles. The highest BCUT2D eigenvalue weighted by Crippen LogP contribution is 2.17. The van der Waals surface area contributed by atoms with E-state index in [-0.39, 0.29) is 6.61 Å². The average molecular weight is 322 g/mol. The number of carbonyl (C=O) groups excluding carboxylic acids is 1. The number of hydrogen-bond acceptors (Lipinski definition) is 3. The normalized spacial score (nSPS) is 14.2. The summed E-state index contributed by atoms with van der Waals surface area (Å²) >= 11 is 0. The first-order valence-electron chi connectivity index (χ1n) is 8.55. The Balaban J connectivity index is 4.10. The molecule has 0 radical (unpaired) electrons. The highest BCUT2D eigenvalue weighted by molar-refractivity contribution is 5.80. The van der Waals surface area contributed by atoms with Gasteiger partial charge in [0.2, 0.25) is 0 Å². The molecule has 132 valence electrons. The Morgan fingerprint density at radius 1 is 1.13 bits per heavy atom. The van der Waals surface area contributed by atoms with Crippen LogP contribution in [0, 0.1) is 5.92 Å². The molecule has 2 N–H and O–H groups in total. The maximum Gasteiger partial charge on any atom is 0.137 e. The van der Waals surface area contributed by atoms with Crippen molar-refractivity contribution < 1.29 is 15.0 Å². The third-order valence-electron chi connectivity index (χ3n) is 3.79. The molecule has 0 rings (SSSR count). The molecule has 0 saturated heterocycles. The van der Waals surface area contributed by atoms with Crippen molar-refractivity contribution in [2.75, 3.05) is 6.61 Å². The van der Waals surface area contributed by atoms with Crippen LogP contribution in [0.1, 0.15) is 66.2 Å². The zero-order chi connectivity index (χ0) is 17.8. The molecule has 0 aromatic rings. The molecule has 3 heteroatoms. The predicted molar refractivity (Wildman–Crippen MR) is 97.3 cm³/mol. The third-order valence-corrected chi connectivity index (χ3v) is 3.79. The number of aliphatic hydroxyl groups is 2. The van der Waals surface area contributed by atoms with Crippen LogP contribution in [-0.2, 0) is 4.79 Å². The predicted octanol–water partition coefficient (Wildman–Crippen LogP) is 4.35. The van der Waals surface area contributed by atoms with E-state index in [0.717, 1.165) is 36.0 Å². The van der Waals surface area contributed by atoms with Gasteiger partial charge in [-0.2, -0.15) is 0 Å². The maximum atomic E-state index is 11.7. The minimum absolute atomic E-state index is 0.0441. The van der Waals surface area contributed by atoms with Crippen LogP contribution in [-0.4, -0.2) is 28.7 Å². The summed E-state index contributed by atoms with van der Waals surface area (Å²) in [6, 6.07) is 0. The van der Waals surface area contributed by atoms with Crippen LogP contribution in [0.15, 0.2) is 35.5 Å². The fourth-order valence-corrected chi connectivity index (χ4v) is 2.41. The molecule has 0 fully saturated rings. The van der Waals surface area contributed by atoms with Gasteiger partial charge >= 0.3 is 0 Å². The molecule has 0 heterocycles. The largest absolute Gasteiger partial charge is 0.392 e. The summed E-state index contributed by atoms with van der Waals surface area (Å²) in [5.74, 6) is 0.701. The Morgan fingerprint density at radius 3 is 2.35 bits per heavy atom. The molecule has 0 aromatic heterocycles. The van der Waals surface area contributed by atoms with E-state index in [9.17, 15) is 9.90 Å². The number of aliphatic hydroxyl groups excluding tert-OH is 2. The summed E-state index contributed by atoms with van der Waals surface area (Å²) in [7, 11) is 0. The number of carbonyl (C=O) groups is 1. The van der Waals surface area contributed by atoms with Crippen molar-refractivity contribution >= 4 is 5.78 Å². The molecule has 0 amide bonds. The van der Waals surface area contributed by atoms with Crippen LogP contribution in [0.2, 0.25) is 0 Å². The molecule has 0 bridgehead atoms. The van der Waals surface area contributed by atoms with Gasteiger partial charge in [0, 0.05) is 12.8 Å². The maximum absolute atomic E-state index is 11.7. The zero-order valence-electron chi connectivity index (χ0n) is 15.3. The topological polar surface area (TPSA) is 57.5 Å². The van der Waals surface area contributed by atoms with Gasteiger partial charge in [-0.05, 0) is 51.0 Å². The molecular weight excluding hydrogens is 288 g/mol. The standard InChI is InChI=1S/C20H34O3/c1-15(2)13-19(22)14-17(4)7-6-8-18(5)20(23)10-9-16(3)11-12-21/h7,11,15,20-21,23H,5-6,8-10,12-14H2,1-4H3/b16-11+,17-7+/t20-/m1/s1. The molecule has 0 saturated carbocycles. The summed E-state index contributed by atoms with van der Waals surface area (Å²) < 4.78 is 0. The first-order valence-corrected chi connectivity index (χ1v) is 8.55. The first kappa shape index (κ1) is 21.8. The van der Waals surface area contributed by atoms with E-state index in [1.807, 2.05) is 13.8 Å². The van der Waals surface area contributed by atoms with Crippen LogP contribution in [0.25, 0.3) is 0 Å². The molecular formula is C20H34O3. The zero-order valence-corrected chi connectivity index (χ0v) is 15.3. The van der Waals surface area contributed by atoms with Crippen LogP contribution in [0.4, 0.5) is 0 Å². The van der Waals surface area contributed by atoms with Gasteiger partial charge in [0.25, 0.3) is 0 Å². The van der Waals surface area contributed by atoms with Gasteiger partial charge in [0.15, 0.2) is 0 Å². The smallest absolute Gasteiger partial charge is 0.137 e. The van der Waals surface area contributed by atoms with Gasteiger partial charge in [0.05, 0.1) is 12.7 Å². The number of allylic oxidation sites excluding steroid dienone is 3. The summed E-state index contributed by atoms with van der Waals surface area (Å²) in [6.45, 7) is 12.1. The Labute approximate surface area is 141 Å². The van der Waals surface area contributed by atoms with Crippen molar-refractivity contribution in [2.45, 2.75) is 72.3 Å². The summed E-state index contributed by atoms with van der Waals surface area (Å²) in [5, 5.41) is 18.9. The molecule has 0 spiro atoms. The second kappa shape index (κ2) is 12.3. The fraction of sp³-hybridized carbons (Fsp3) is 0.650. The monoisotopic (exact) mass is 322 g/mol. The van der Waals surface area contributed by atoms with E-state index in [1.165, 1.54) is 0 Å². The minimum atomic E-state index is -0.506. The van der Waals surface area contributed by atoms with Gasteiger partial charge in [-0.3, -0.25) is 4.79 Å². The van der Waals surface area contributed by atoms with Gasteiger partial charge in [0.1, 0.15) is 5.78 Å². The Morgan fingerprint density at radius 2 is 1.78 bits per heavy atom. The number of Topliss-reactive ketones (excluding diaryl/α,β-unsaturated/α-hetero) is 1. The van der Waals surface area contributed by atoms with Crippen molar-refractivity contribution in [3.05, 3.63) is 35.5 Å². The highest BCUT2D eigenvalue weighted by Gasteiger charge is 2.09. The Kier molecular flexibility index (Phi) is 11.6. The lowest BCUT2D eigenvalue weighted by Gasteiger charge is -2.13. The molecule has 0 aromatic carbocycles.